The number of hydrogen-bond acceptors (Lipinski definition) is 2. The van der Waals surface area contributed by atoms with Crippen LogP contribution in [0.15, 0.2) is 18.2 Å². The van der Waals surface area contributed by atoms with Crippen molar-refractivity contribution in [3.8, 4) is 12.3 Å². The van der Waals surface area contributed by atoms with Crippen molar-refractivity contribution in [1.29, 1.82) is 0 Å². The van der Waals surface area contributed by atoms with Crippen LogP contribution in [0.25, 0.3) is 0 Å². The standard InChI is InChI=1S/C15H18ClNO2/c1-5-6-7-11-8-9-12(16)10-13(11)17-14(18)19-15(2,3)4/h1,8-10H,6-7H2,2-4H3,(H,17,18). The number of aryl methyl sites for hydroxylation is 1. The molecule has 0 heterocycles. The predicted molar refractivity (Wildman–Crippen MR) is 78.5 cm³/mol. The van der Waals surface area contributed by atoms with Crippen LogP contribution >= 0.6 is 11.6 Å². The normalized spacial score (nSPS) is 10.7. The third kappa shape index (κ3) is 5.67. The van der Waals surface area contributed by atoms with Crippen molar-refractivity contribution in [2.24, 2.45) is 0 Å². The van der Waals surface area contributed by atoms with E-state index in [0.29, 0.717) is 23.6 Å². The summed E-state index contributed by atoms with van der Waals surface area (Å²) in [4.78, 5) is 11.7. The summed E-state index contributed by atoms with van der Waals surface area (Å²) in [6.45, 7) is 5.43. The van der Waals surface area contributed by atoms with E-state index in [-0.39, 0.29) is 0 Å². The summed E-state index contributed by atoms with van der Waals surface area (Å²) >= 11 is 5.93. The first-order valence-corrected chi connectivity index (χ1v) is 6.41. The van der Waals surface area contributed by atoms with E-state index in [1.54, 1.807) is 12.1 Å². The number of terminal acetylenes is 1. The van der Waals surface area contributed by atoms with Crippen LogP contribution in [0, 0.1) is 12.3 Å². The number of rotatable bonds is 3. The lowest BCUT2D eigenvalue weighted by Gasteiger charge is -2.20. The Kier molecular flexibility index (Phi) is 5.26. The number of ether oxygens (including phenoxy) is 1. The number of halogens is 1. The maximum Gasteiger partial charge on any atom is 0.412 e. The molecule has 0 radical (unpaired) electrons. The second-order valence-corrected chi connectivity index (χ2v) is 5.57. The molecule has 1 N–H and O–H groups in total. The van der Waals surface area contributed by atoms with Crippen LogP contribution < -0.4 is 5.32 Å². The highest BCUT2D eigenvalue weighted by Gasteiger charge is 2.17. The zero-order valence-corrected chi connectivity index (χ0v) is 12.2. The quantitative estimate of drug-likeness (QED) is 0.840. The van der Waals surface area contributed by atoms with Crippen LogP contribution in [0.4, 0.5) is 10.5 Å². The van der Waals surface area contributed by atoms with Gasteiger partial charge in [-0.25, -0.2) is 4.79 Å². The molecular weight excluding hydrogens is 262 g/mol. The molecule has 0 aliphatic carbocycles. The maximum atomic E-state index is 11.7. The van der Waals surface area contributed by atoms with Gasteiger partial charge in [0.2, 0.25) is 0 Å². The first-order valence-electron chi connectivity index (χ1n) is 6.04. The Morgan fingerprint density at radius 3 is 2.74 bits per heavy atom. The molecule has 4 heteroatoms. The third-order valence-corrected chi connectivity index (χ3v) is 2.48. The van der Waals surface area contributed by atoms with E-state index in [1.165, 1.54) is 0 Å². The van der Waals surface area contributed by atoms with Gasteiger partial charge in [-0.1, -0.05) is 17.7 Å². The molecule has 0 aliphatic heterocycles. The van der Waals surface area contributed by atoms with Gasteiger partial charge in [0.1, 0.15) is 5.60 Å². The van der Waals surface area contributed by atoms with Gasteiger partial charge >= 0.3 is 6.09 Å². The summed E-state index contributed by atoms with van der Waals surface area (Å²) in [7, 11) is 0. The Labute approximate surface area is 119 Å². The average Bonchev–Trinajstić information content (AvgIpc) is 2.25. The molecule has 0 saturated carbocycles. The van der Waals surface area contributed by atoms with Gasteiger partial charge in [0.25, 0.3) is 0 Å². The van der Waals surface area contributed by atoms with Crippen LogP contribution in [0.2, 0.25) is 5.02 Å². The number of benzene rings is 1. The fourth-order valence-electron chi connectivity index (χ4n) is 1.50. The fourth-order valence-corrected chi connectivity index (χ4v) is 1.68. The van der Waals surface area contributed by atoms with Crippen LogP contribution in [-0.4, -0.2) is 11.7 Å². The van der Waals surface area contributed by atoms with Gasteiger partial charge < -0.3 is 4.74 Å². The van der Waals surface area contributed by atoms with Crippen molar-refractivity contribution in [2.45, 2.75) is 39.2 Å². The van der Waals surface area contributed by atoms with Gasteiger partial charge in [-0.3, -0.25) is 5.32 Å². The molecule has 1 rings (SSSR count). The van der Waals surface area contributed by atoms with E-state index in [1.807, 2.05) is 26.8 Å². The molecule has 19 heavy (non-hydrogen) atoms. The fraction of sp³-hybridized carbons (Fsp3) is 0.400. The molecule has 0 fully saturated rings. The molecule has 1 aromatic carbocycles. The predicted octanol–water partition coefficient (Wildman–Crippen LogP) is 4.25. The van der Waals surface area contributed by atoms with Gasteiger partial charge in [0.15, 0.2) is 0 Å². The molecule has 0 atom stereocenters. The highest BCUT2D eigenvalue weighted by molar-refractivity contribution is 6.31. The molecule has 0 unspecified atom stereocenters. The number of carbonyl (C=O) groups is 1. The Morgan fingerprint density at radius 2 is 2.16 bits per heavy atom. The van der Waals surface area contributed by atoms with E-state index < -0.39 is 11.7 Å². The summed E-state index contributed by atoms with van der Waals surface area (Å²) in [6.07, 6.45) is 6.03. The van der Waals surface area contributed by atoms with E-state index >= 15 is 0 Å². The monoisotopic (exact) mass is 279 g/mol. The molecule has 0 spiro atoms. The minimum absolute atomic E-state index is 0.503. The second kappa shape index (κ2) is 6.49. The Morgan fingerprint density at radius 1 is 1.47 bits per heavy atom. The average molecular weight is 280 g/mol. The number of amides is 1. The minimum Gasteiger partial charge on any atom is -0.444 e. The van der Waals surface area contributed by atoms with Crippen molar-refractivity contribution in [3.63, 3.8) is 0 Å². The number of carbonyl (C=O) groups excluding carboxylic acids is 1. The highest BCUT2D eigenvalue weighted by Crippen LogP contribution is 2.23. The molecule has 1 aromatic rings. The molecule has 0 aromatic heterocycles. The van der Waals surface area contributed by atoms with Crippen LogP contribution in [0.1, 0.15) is 32.8 Å². The highest BCUT2D eigenvalue weighted by atomic mass is 35.5. The van der Waals surface area contributed by atoms with Gasteiger partial charge in [0.05, 0.1) is 0 Å². The van der Waals surface area contributed by atoms with E-state index in [4.69, 9.17) is 22.8 Å². The van der Waals surface area contributed by atoms with E-state index in [9.17, 15) is 4.79 Å². The van der Waals surface area contributed by atoms with Gasteiger partial charge in [-0.05, 0) is 44.9 Å². The Balaban J connectivity index is 2.84. The summed E-state index contributed by atoms with van der Waals surface area (Å²) in [6, 6.07) is 5.32. The lowest BCUT2D eigenvalue weighted by molar-refractivity contribution is 0.0636. The summed E-state index contributed by atoms with van der Waals surface area (Å²) in [5.74, 6) is 2.57. The second-order valence-electron chi connectivity index (χ2n) is 5.13. The molecular formula is C15H18ClNO2. The van der Waals surface area contributed by atoms with Crippen LogP contribution in [0.5, 0.6) is 0 Å². The molecule has 3 nitrogen and oxygen atoms in total. The Hall–Kier alpha value is -1.66. The molecule has 1 amide bonds. The zero-order chi connectivity index (χ0) is 14.5. The summed E-state index contributed by atoms with van der Waals surface area (Å²) in [5.41, 5.74) is 1.03. The van der Waals surface area contributed by atoms with Crippen molar-refractivity contribution < 1.29 is 9.53 Å². The molecule has 0 saturated heterocycles. The zero-order valence-electron chi connectivity index (χ0n) is 11.4. The lowest BCUT2D eigenvalue weighted by atomic mass is 10.1. The molecule has 102 valence electrons. The first-order chi connectivity index (χ1) is 8.81. The molecule has 0 bridgehead atoms. The lowest BCUT2D eigenvalue weighted by Crippen LogP contribution is -2.27. The number of hydrogen-bond donors (Lipinski definition) is 1. The summed E-state index contributed by atoms with van der Waals surface area (Å²) < 4.78 is 5.21. The minimum atomic E-state index is -0.540. The van der Waals surface area contributed by atoms with Crippen molar-refractivity contribution in [3.05, 3.63) is 28.8 Å². The molecule has 0 aliphatic rings. The largest absolute Gasteiger partial charge is 0.444 e. The van der Waals surface area contributed by atoms with Crippen molar-refractivity contribution >= 4 is 23.4 Å². The van der Waals surface area contributed by atoms with E-state index in [0.717, 1.165) is 5.56 Å². The van der Waals surface area contributed by atoms with E-state index in [2.05, 4.69) is 11.2 Å². The number of nitrogens with one attached hydrogen (secondary N) is 1. The van der Waals surface area contributed by atoms with Crippen LogP contribution in [-0.2, 0) is 11.2 Å². The van der Waals surface area contributed by atoms with Gasteiger partial charge in [0, 0.05) is 17.1 Å². The maximum absolute atomic E-state index is 11.7. The van der Waals surface area contributed by atoms with Crippen molar-refractivity contribution in [1.82, 2.24) is 0 Å². The van der Waals surface area contributed by atoms with Crippen molar-refractivity contribution in [2.75, 3.05) is 5.32 Å². The SMILES string of the molecule is C#CCCc1ccc(Cl)cc1NC(=O)OC(C)(C)C. The smallest absolute Gasteiger partial charge is 0.412 e. The Bertz CT molecular complexity index is 498. The first kappa shape index (κ1) is 15.4. The van der Waals surface area contributed by atoms with Crippen LogP contribution in [0.3, 0.4) is 0 Å². The number of anilines is 1. The van der Waals surface area contributed by atoms with Gasteiger partial charge in [-0.2, -0.15) is 0 Å². The topological polar surface area (TPSA) is 38.3 Å². The van der Waals surface area contributed by atoms with Gasteiger partial charge in [-0.15, -0.1) is 12.3 Å². The third-order valence-electron chi connectivity index (χ3n) is 2.25. The summed E-state index contributed by atoms with van der Waals surface area (Å²) in [5, 5.41) is 3.25.